The molecule has 0 spiro atoms. The van der Waals surface area contributed by atoms with Crippen LogP contribution in [0.2, 0.25) is 0 Å². The van der Waals surface area contributed by atoms with Gasteiger partial charge in [0.25, 0.3) is 15.9 Å². The molecule has 0 bridgehead atoms. The molecule has 0 atom stereocenters. The number of carbonyl (C=O) groups excluding carboxylic acids is 1. The van der Waals surface area contributed by atoms with Crippen LogP contribution in [0.4, 0.5) is 5.69 Å². The number of anilines is 1. The molecule has 0 aliphatic heterocycles. The number of ether oxygens (including phenoxy) is 1. The Hall–Kier alpha value is -4.16. The molecule has 0 aromatic heterocycles. The van der Waals surface area contributed by atoms with Gasteiger partial charge in [0, 0.05) is 0 Å². The minimum atomic E-state index is -3.96. The molecule has 0 saturated heterocycles. The zero-order chi connectivity index (χ0) is 22.8. The lowest BCUT2D eigenvalue weighted by atomic mass is 10.2. The Morgan fingerprint density at radius 3 is 2.25 bits per heavy atom. The molecule has 32 heavy (non-hydrogen) atoms. The first-order valence-electron chi connectivity index (χ1n) is 9.55. The molecule has 0 radical (unpaired) electrons. The van der Waals surface area contributed by atoms with Gasteiger partial charge in [0.1, 0.15) is 18.4 Å². The van der Waals surface area contributed by atoms with Crippen LogP contribution in [-0.2, 0) is 14.8 Å². The van der Waals surface area contributed by atoms with Gasteiger partial charge in [0.15, 0.2) is 6.61 Å². The number of sulfonamides is 1. The van der Waals surface area contributed by atoms with Gasteiger partial charge in [-0.05, 0) is 54.1 Å². The molecule has 1 amide bonds. The normalized spacial score (nSPS) is 11.0. The Balaban J connectivity index is 1.71. The molecule has 0 aliphatic carbocycles. The maximum atomic E-state index is 13.1. The zero-order valence-electron chi connectivity index (χ0n) is 17.0. The van der Waals surface area contributed by atoms with E-state index in [1.54, 1.807) is 72.8 Å². The third kappa shape index (κ3) is 5.93. The minimum Gasteiger partial charge on any atom is -0.479 e. The Bertz CT molecular complexity index is 1210. The maximum Gasteiger partial charge on any atom is 0.264 e. The van der Waals surface area contributed by atoms with Crippen LogP contribution in [0.25, 0.3) is 0 Å². The number of nitriles is 1. The van der Waals surface area contributed by atoms with Crippen LogP contribution >= 0.6 is 0 Å². The van der Waals surface area contributed by atoms with E-state index < -0.39 is 22.5 Å². The molecule has 1 N–H and O–H groups in total. The van der Waals surface area contributed by atoms with Crippen molar-refractivity contribution in [3.63, 3.8) is 0 Å². The first-order valence-corrected chi connectivity index (χ1v) is 11.0. The molecular weight excluding hydrogens is 428 g/mol. The molecule has 162 valence electrons. The van der Waals surface area contributed by atoms with Crippen molar-refractivity contribution in [3.8, 4) is 11.8 Å². The summed E-state index contributed by atoms with van der Waals surface area (Å²) in [6.07, 6.45) is 1.42. The van der Waals surface area contributed by atoms with Gasteiger partial charge in [-0.25, -0.2) is 13.8 Å². The maximum absolute atomic E-state index is 13.1. The van der Waals surface area contributed by atoms with Crippen molar-refractivity contribution in [3.05, 3.63) is 90.5 Å². The summed E-state index contributed by atoms with van der Waals surface area (Å²) >= 11 is 0. The summed E-state index contributed by atoms with van der Waals surface area (Å²) in [7, 11) is -3.96. The zero-order valence-corrected chi connectivity index (χ0v) is 17.8. The second kappa shape index (κ2) is 10.7. The first-order chi connectivity index (χ1) is 15.5. The number of para-hydroxylation sites is 1. The summed E-state index contributed by atoms with van der Waals surface area (Å²) < 4.78 is 32.5. The molecule has 8 nitrogen and oxygen atoms in total. The van der Waals surface area contributed by atoms with Gasteiger partial charge in [0.2, 0.25) is 0 Å². The molecule has 9 heteroatoms. The average Bonchev–Trinajstić information content (AvgIpc) is 2.83. The lowest BCUT2D eigenvalue weighted by Gasteiger charge is -2.23. The van der Waals surface area contributed by atoms with Gasteiger partial charge < -0.3 is 4.74 Å². The van der Waals surface area contributed by atoms with Crippen molar-refractivity contribution >= 4 is 27.8 Å². The summed E-state index contributed by atoms with van der Waals surface area (Å²) in [5.41, 5.74) is 3.40. The fraction of sp³-hybridized carbons (Fsp3) is 0.0870. The number of amides is 1. The van der Waals surface area contributed by atoms with E-state index >= 15 is 0 Å². The highest BCUT2D eigenvalue weighted by atomic mass is 32.2. The average molecular weight is 449 g/mol. The van der Waals surface area contributed by atoms with Crippen molar-refractivity contribution < 1.29 is 17.9 Å². The van der Waals surface area contributed by atoms with E-state index in [0.717, 1.165) is 4.31 Å². The van der Waals surface area contributed by atoms with E-state index in [2.05, 4.69) is 10.5 Å². The minimum absolute atomic E-state index is 0.0483. The van der Waals surface area contributed by atoms with E-state index in [9.17, 15) is 13.2 Å². The Labute approximate surface area is 186 Å². The molecule has 0 unspecified atom stereocenters. The highest BCUT2D eigenvalue weighted by molar-refractivity contribution is 7.92. The smallest absolute Gasteiger partial charge is 0.264 e. The number of benzene rings is 3. The molecule has 0 aliphatic rings. The summed E-state index contributed by atoms with van der Waals surface area (Å²) in [6, 6.07) is 24.9. The number of rotatable bonds is 9. The van der Waals surface area contributed by atoms with Crippen molar-refractivity contribution in [2.24, 2.45) is 5.10 Å². The van der Waals surface area contributed by atoms with Crippen molar-refractivity contribution in [2.75, 3.05) is 17.5 Å². The largest absolute Gasteiger partial charge is 0.479 e. The fourth-order valence-corrected chi connectivity index (χ4v) is 4.18. The topological polar surface area (TPSA) is 112 Å². The summed E-state index contributed by atoms with van der Waals surface area (Å²) in [6.45, 7) is -0.493. The number of nitrogens with zero attached hydrogens (tertiary/aromatic N) is 3. The van der Waals surface area contributed by atoms with Crippen molar-refractivity contribution in [1.82, 2.24) is 5.43 Å². The van der Waals surface area contributed by atoms with Crippen LogP contribution in [0.1, 0.15) is 5.56 Å². The summed E-state index contributed by atoms with van der Waals surface area (Å²) in [5, 5.41) is 12.4. The number of hydrogen-bond acceptors (Lipinski definition) is 6. The van der Waals surface area contributed by atoms with Crippen molar-refractivity contribution in [2.45, 2.75) is 4.90 Å². The van der Waals surface area contributed by atoms with Crippen LogP contribution in [0.3, 0.4) is 0 Å². The molecule has 0 fully saturated rings. The lowest BCUT2D eigenvalue weighted by Crippen LogP contribution is -2.39. The fourth-order valence-electron chi connectivity index (χ4n) is 2.74. The highest BCUT2D eigenvalue weighted by Crippen LogP contribution is 2.23. The van der Waals surface area contributed by atoms with Gasteiger partial charge in [-0.2, -0.15) is 10.4 Å². The monoisotopic (exact) mass is 448 g/mol. The Kier molecular flexibility index (Phi) is 7.56. The van der Waals surface area contributed by atoms with Crippen molar-refractivity contribution in [1.29, 1.82) is 5.26 Å². The first kappa shape index (κ1) is 22.5. The molecule has 0 heterocycles. The number of hydrogen-bond donors (Lipinski definition) is 1. The second-order valence-electron chi connectivity index (χ2n) is 6.47. The Morgan fingerprint density at radius 2 is 1.62 bits per heavy atom. The van der Waals surface area contributed by atoms with Gasteiger partial charge >= 0.3 is 0 Å². The van der Waals surface area contributed by atoms with Crippen LogP contribution in [-0.4, -0.2) is 33.7 Å². The number of carbonyl (C=O) groups is 1. The van der Waals surface area contributed by atoms with Crippen LogP contribution in [0.15, 0.2) is 94.9 Å². The van der Waals surface area contributed by atoms with Crippen LogP contribution < -0.4 is 14.5 Å². The van der Waals surface area contributed by atoms with Crippen LogP contribution in [0.5, 0.6) is 5.75 Å². The van der Waals surface area contributed by atoms with Crippen LogP contribution in [0, 0.1) is 11.3 Å². The second-order valence-corrected chi connectivity index (χ2v) is 8.33. The number of hydrazone groups is 1. The van der Waals surface area contributed by atoms with Gasteiger partial charge in [-0.15, -0.1) is 0 Å². The molecule has 3 rings (SSSR count). The lowest BCUT2D eigenvalue weighted by molar-refractivity contribution is -0.119. The molecule has 3 aromatic carbocycles. The van der Waals surface area contributed by atoms with Gasteiger partial charge in [-0.1, -0.05) is 36.4 Å². The van der Waals surface area contributed by atoms with Gasteiger partial charge in [0.05, 0.1) is 16.8 Å². The predicted octanol–water partition coefficient (Wildman–Crippen LogP) is 2.93. The van der Waals surface area contributed by atoms with E-state index in [4.69, 9.17) is 10.00 Å². The van der Waals surface area contributed by atoms with E-state index in [1.165, 1.54) is 18.3 Å². The third-order valence-electron chi connectivity index (χ3n) is 4.25. The van der Waals surface area contributed by atoms with Gasteiger partial charge in [-0.3, -0.25) is 9.10 Å². The summed E-state index contributed by atoms with van der Waals surface area (Å²) in [4.78, 5) is 12.6. The predicted molar refractivity (Wildman–Crippen MR) is 121 cm³/mol. The molecule has 3 aromatic rings. The molecule has 0 saturated carbocycles. The van der Waals surface area contributed by atoms with E-state index in [1.807, 2.05) is 6.07 Å². The quantitative estimate of drug-likeness (QED) is 0.400. The van der Waals surface area contributed by atoms with E-state index in [-0.39, 0.29) is 11.5 Å². The highest BCUT2D eigenvalue weighted by Gasteiger charge is 2.26. The SMILES string of the molecule is N#CCOc1ccc(/C=N/NC(=O)CN(c2ccccc2)S(=O)(=O)c2ccccc2)cc1. The summed E-state index contributed by atoms with van der Waals surface area (Å²) in [5.74, 6) is -0.0593. The third-order valence-corrected chi connectivity index (χ3v) is 6.04. The molecular formula is C23H20N4O4S. The standard InChI is InChI=1S/C23H20N4O4S/c24-15-16-31-21-13-11-19(12-14-21)17-25-26-23(28)18-27(20-7-3-1-4-8-20)32(29,30)22-9-5-2-6-10-22/h1-14,17H,16,18H2,(H,26,28)/b25-17+. The Morgan fingerprint density at radius 1 is 1.00 bits per heavy atom. The van der Waals surface area contributed by atoms with E-state index in [0.29, 0.717) is 17.0 Å². The number of nitrogens with one attached hydrogen (secondary N) is 1.